The van der Waals surface area contributed by atoms with E-state index in [-0.39, 0.29) is 5.60 Å². The van der Waals surface area contributed by atoms with E-state index in [0.717, 1.165) is 18.6 Å². The van der Waals surface area contributed by atoms with Crippen LogP contribution in [0.4, 0.5) is 0 Å². The van der Waals surface area contributed by atoms with E-state index < -0.39 is 0 Å². The van der Waals surface area contributed by atoms with Gasteiger partial charge in [0.15, 0.2) is 0 Å². The summed E-state index contributed by atoms with van der Waals surface area (Å²) in [6, 6.07) is 8.59. The van der Waals surface area contributed by atoms with Crippen LogP contribution >= 0.6 is 0 Å². The molecule has 3 rings (SSSR count). The van der Waals surface area contributed by atoms with Crippen LogP contribution in [0.5, 0.6) is 5.75 Å². The zero-order valence-electron chi connectivity index (χ0n) is 11.6. The van der Waals surface area contributed by atoms with Crippen molar-refractivity contribution in [2.24, 2.45) is 0 Å². The third-order valence-corrected chi connectivity index (χ3v) is 4.22. The summed E-state index contributed by atoms with van der Waals surface area (Å²) in [7, 11) is 0. The molecule has 1 nitrogen and oxygen atoms in total. The molecular formula is C17H20O. The summed E-state index contributed by atoms with van der Waals surface area (Å²) in [5, 5.41) is 2.59. The first-order valence-corrected chi connectivity index (χ1v) is 6.69. The van der Waals surface area contributed by atoms with Gasteiger partial charge in [-0.15, -0.1) is 0 Å². The van der Waals surface area contributed by atoms with Gasteiger partial charge in [0, 0.05) is 5.39 Å². The molecule has 0 aromatic heterocycles. The molecule has 0 amide bonds. The molecule has 1 heterocycles. The van der Waals surface area contributed by atoms with E-state index in [1.807, 2.05) is 0 Å². The molecule has 0 aliphatic carbocycles. The number of hydrogen-bond donors (Lipinski definition) is 0. The number of benzene rings is 2. The molecule has 0 saturated carbocycles. The van der Waals surface area contributed by atoms with Gasteiger partial charge in [-0.1, -0.05) is 24.3 Å². The standard InChI is InChI=1S/C17H20O/c1-11-12(2)14-9-10-17(3,4)18-16(14)15-8-6-5-7-13(11)15/h5-8H,9-10H2,1-4H3. The topological polar surface area (TPSA) is 9.23 Å². The Bertz CT molecular complexity index is 623. The fourth-order valence-corrected chi connectivity index (χ4v) is 2.94. The number of rotatable bonds is 0. The molecule has 0 bridgehead atoms. The van der Waals surface area contributed by atoms with Crippen molar-refractivity contribution < 1.29 is 4.74 Å². The smallest absolute Gasteiger partial charge is 0.131 e. The van der Waals surface area contributed by atoms with Crippen LogP contribution in [-0.2, 0) is 6.42 Å². The molecule has 2 aromatic carbocycles. The summed E-state index contributed by atoms with van der Waals surface area (Å²) in [6.07, 6.45) is 2.22. The summed E-state index contributed by atoms with van der Waals surface area (Å²) in [5.41, 5.74) is 4.16. The summed E-state index contributed by atoms with van der Waals surface area (Å²) in [5.74, 6) is 1.12. The van der Waals surface area contributed by atoms with E-state index >= 15 is 0 Å². The van der Waals surface area contributed by atoms with Gasteiger partial charge < -0.3 is 4.74 Å². The van der Waals surface area contributed by atoms with E-state index in [2.05, 4.69) is 52.0 Å². The Labute approximate surface area is 109 Å². The Hall–Kier alpha value is -1.50. The second kappa shape index (κ2) is 3.74. The molecule has 1 aliphatic rings. The van der Waals surface area contributed by atoms with E-state index in [4.69, 9.17) is 4.74 Å². The second-order valence-electron chi connectivity index (χ2n) is 5.97. The highest BCUT2D eigenvalue weighted by Gasteiger charge is 2.29. The van der Waals surface area contributed by atoms with E-state index in [0.29, 0.717) is 0 Å². The summed E-state index contributed by atoms with van der Waals surface area (Å²) < 4.78 is 6.27. The molecule has 94 valence electrons. The van der Waals surface area contributed by atoms with Crippen molar-refractivity contribution in [2.45, 2.75) is 46.1 Å². The molecule has 1 heteroatoms. The molecule has 0 atom stereocenters. The van der Waals surface area contributed by atoms with Crippen molar-refractivity contribution >= 4 is 10.8 Å². The maximum Gasteiger partial charge on any atom is 0.131 e. The molecule has 0 saturated heterocycles. The maximum atomic E-state index is 6.27. The minimum Gasteiger partial charge on any atom is -0.487 e. The average molecular weight is 240 g/mol. The Kier molecular flexibility index (Phi) is 2.41. The first kappa shape index (κ1) is 11.6. The van der Waals surface area contributed by atoms with Gasteiger partial charge in [-0.25, -0.2) is 0 Å². The lowest BCUT2D eigenvalue weighted by Crippen LogP contribution is -2.33. The average Bonchev–Trinajstić information content (AvgIpc) is 2.35. The predicted molar refractivity (Wildman–Crippen MR) is 76.5 cm³/mol. The van der Waals surface area contributed by atoms with Gasteiger partial charge in [0.05, 0.1) is 0 Å². The summed E-state index contributed by atoms with van der Waals surface area (Å²) in [4.78, 5) is 0. The minimum absolute atomic E-state index is 0.0442. The van der Waals surface area contributed by atoms with Crippen LogP contribution in [-0.4, -0.2) is 5.60 Å². The van der Waals surface area contributed by atoms with Crippen LogP contribution in [0, 0.1) is 13.8 Å². The lowest BCUT2D eigenvalue weighted by atomic mass is 9.87. The van der Waals surface area contributed by atoms with Gasteiger partial charge in [0.1, 0.15) is 11.4 Å². The van der Waals surface area contributed by atoms with E-state index in [9.17, 15) is 0 Å². The van der Waals surface area contributed by atoms with Crippen LogP contribution < -0.4 is 4.74 Å². The van der Waals surface area contributed by atoms with Crippen molar-refractivity contribution in [3.05, 3.63) is 41.0 Å². The van der Waals surface area contributed by atoms with Gasteiger partial charge in [0.2, 0.25) is 0 Å². The lowest BCUT2D eigenvalue weighted by Gasteiger charge is -2.34. The third-order valence-electron chi connectivity index (χ3n) is 4.22. The van der Waals surface area contributed by atoms with Crippen molar-refractivity contribution in [2.75, 3.05) is 0 Å². The fourth-order valence-electron chi connectivity index (χ4n) is 2.94. The Balaban J connectivity index is 2.37. The Morgan fingerprint density at radius 1 is 1.00 bits per heavy atom. The molecule has 18 heavy (non-hydrogen) atoms. The second-order valence-corrected chi connectivity index (χ2v) is 5.97. The Morgan fingerprint density at radius 3 is 2.39 bits per heavy atom. The molecule has 0 radical (unpaired) electrons. The highest BCUT2D eigenvalue weighted by molar-refractivity contribution is 5.93. The molecule has 0 N–H and O–H groups in total. The van der Waals surface area contributed by atoms with Gasteiger partial charge in [-0.2, -0.15) is 0 Å². The largest absolute Gasteiger partial charge is 0.487 e. The zero-order valence-corrected chi connectivity index (χ0v) is 11.6. The monoisotopic (exact) mass is 240 g/mol. The number of hydrogen-bond acceptors (Lipinski definition) is 1. The normalized spacial score (nSPS) is 17.3. The van der Waals surface area contributed by atoms with Gasteiger partial charge in [-0.05, 0) is 62.6 Å². The number of ether oxygens (including phenoxy) is 1. The lowest BCUT2D eigenvalue weighted by molar-refractivity contribution is 0.0866. The van der Waals surface area contributed by atoms with Crippen LogP contribution in [0.15, 0.2) is 24.3 Å². The van der Waals surface area contributed by atoms with E-state index in [1.54, 1.807) is 0 Å². The van der Waals surface area contributed by atoms with Gasteiger partial charge >= 0.3 is 0 Å². The number of aryl methyl sites for hydroxylation is 1. The zero-order chi connectivity index (χ0) is 12.9. The van der Waals surface area contributed by atoms with Crippen molar-refractivity contribution in [3.63, 3.8) is 0 Å². The first-order valence-electron chi connectivity index (χ1n) is 6.69. The first-order chi connectivity index (χ1) is 8.49. The van der Waals surface area contributed by atoms with E-state index in [1.165, 1.54) is 27.5 Å². The summed E-state index contributed by atoms with van der Waals surface area (Å²) >= 11 is 0. The number of fused-ring (bicyclic) bond motifs is 3. The quantitative estimate of drug-likeness (QED) is 0.656. The summed E-state index contributed by atoms with van der Waals surface area (Å²) in [6.45, 7) is 8.81. The SMILES string of the molecule is Cc1c2c(c3ccccc3c1C)OC(C)(C)CC2. The van der Waals surface area contributed by atoms with Crippen molar-refractivity contribution in [1.82, 2.24) is 0 Å². The molecule has 0 unspecified atom stereocenters. The molecule has 1 aliphatic heterocycles. The molecular weight excluding hydrogens is 220 g/mol. The van der Waals surface area contributed by atoms with Gasteiger partial charge in [-0.3, -0.25) is 0 Å². The molecule has 2 aromatic rings. The Morgan fingerprint density at radius 2 is 1.67 bits per heavy atom. The highest BCUT2D eigenvalue weighted by Crippen LogP contribution is 2.42. The predicted octanol–water partition coefficient (Wildman–Crippen LogP) is 4.56. The van der Waals surface area contributed by atoms with Crippen LogP contribution in [0.2, 0.25) is 0 Å². The highest BCUT2D eigenvalue weighted by atomic mass is 16.5. The maximum absolute atomic E-state index is 6.27. The van der Waals surface area contributed by atoms with Gasteiger partial charge in [0.25, 0.3) is 0 Å². The fraction of sp³-hybridized carbons (Fsp3) is 0.412. The van der Waals surface area contributed by atoms with Crippen LogP contribution in [0.25, 0.3) is 10.8 Å². The molecule has 0 fully saturated rings. The van der Waals surface area contributed by atoms with Crippen LogP contribution in [0.3, 0.4) is 0 Å². The van der Waals surface area contributed by atoms with Crippen molar-refractivity contribution in [3.8, 4) is 5.75 Å². The molecule has 0 spiro atoms. The third kappa shape index (κ3) is 1.61. The minimum atomic E-state index is -0.0442. The van der Waals surface area contributed by atoms with Crippen LogP contribution in [0.1, 0.15) is 37.0 Å². The van der Waals surface area contributed by atoms with Crippen molar-refractivity contribution in [1.29, 1.82) is 0 Å².